The van der Waals surface area contributed by atoms with Gasteiger partial charge in [0.2, 0.25) is 10.0 Å². The zero-order chi connectivity index (χ0) is 23.3. The normalized spacial score (nSPS) is 22.3. The Bertz CT molecular complexity index is 1270. The molecule has 0 saturated heterocycles. The first-order valence-corrected chi connectivity index (χ1v) is 11.3. The molecule has 1 aliphatic carbocycles. The van der Waals surface area contributed by atoms with Gasteiger partial charge in [-0.05, 0) is 50.3 Å². The van der Waals surface area contributed by atoms with Crippen molar-refractivity contribution in [1.29, 1.82) is 0 Å². The van der Waals surface area contributed by atoms with E-state index in [2.05, 4.69) is 19.8 Å². The monoisotopic (exact) mass is 470 g/mol. The zero-order valence-corrected chi connectivity index (χ0v) is 17.8. The molecule has 1 aromatic carbocycles. The van der Waals surface area contributed by atoms with Crippen LogP contribution < -0.4 is 10.5 Å². The van der Waals surface area contributed by atoms with Crippen molar-refractivity contribution in [3.63, 3.8) is 0 Å². The fourth-order valence-electron chi connectivity index (χ4n) is 3.85. The molecule has 0 aliphatic heterocycles. The van der Waals surface area contributed by atoms with Crippen LogP contribution in [0, 0.1) is 6.92 Å². The highest BCUT2D eigenvalue weighted by atomic mass is 32.2. The second kappa shape index (κ2) is 7.67. The fourth-order valence-corrected chi connectivity index (χ4v) is 5.18. The molecule has 0 spiro atoms. The van der Waals surface area contributed by atoms with Gasteiger partial charge in [0, 0.05) is 11.6 Å². The highest BCUT2D eigenvalue weighted by Crippen LogP contribution is 2.41. The molecule has 1 fully saturated rings. The molecule has 172 valence electrons. The number of aromatic nitrogens is 4. The van der Waals surface area contributed by atoms with Crippen LogP contribution in [0.5, 0.6) is 0 Å². The number of hydrogen-bond acceptors (Lipinski definition) is 7. The Balaban J connectivity index is 1.60. The Labute approximate surface area is 181 Å². The molecule has 0 amide bonds. The number of anilines is 1. The van der Waals surface area contributed by atoms with E-state index in [0.29, 0.717) is 16.9 Å². The number of hydrogen-bond donors (Lipinski definition) is 3. The molecule has 4 rings (SSSR count). The molecule has 2 aromatic heterocycles. The summed E-state index contributed by atoms with van der Waals surface area (Å²) >= 11 is 0. The maximum absolute atomic E-state index is 13.0. The summed E-state index contributed by atoms with van der Waals surface area (Å²) < 4.78 is 68.8. The van der Waals surface area contributed by atoms with E-state index in [-0.39, 0.29) is 23.6 Å². The van der Waals surface area contributed by atoms with Gasteiger partial charge in [0.1, 0.15) is 6.33 Å². The maximum atomic E-state index is 13.0. The minimum absolute atomic E-state index is 0.0493. The van der Waals surface area contributed by atoms with Crippen molar-refractivity contribution >= 4 is 21.5 Å². The number of aryl methyl sites for hydroxylation is 1. The van der Waals surface area contributed by atoms with Gasteiger partial charge in [-0.2, -0.15) is 18.3 Å². The Morgan fingerprint density at radius 1 is 1.25 bits per heavy atom. The lowest BCUT2D eigenvalue weighted by Gasteiger charge is -2.37. The SMILES string of the molecule is Cc1ccc(S(=O)(=O)N[C@H]2CC[C@](O)(C(F)(F)F)CC2)cc1-c1cnc2c(N)ncnn12. The first kappa shape index (κ1) is 22.4. The minimum atomic E-state index is -4.75. The van der Waals surface area contributed by atoms with Gasteiger partial charge in [-0.25, -0.2) is 27.6 Å². The third-order valence-electron chi connectivity index (χ3n) is 5.79. The van der Waals surface area contributed by atoms with E-state index in [9.17, 15) is 26.7 Å². The molecular formula is C19H21F3N6O3S. The van der Waals surface area contributed by atoms with E-state index in [1.54, 1.807) is 13.0 Å². The third-order valence-corrected chi connectivity index (χ3v) is 7.31. The van der Waals surface area contributed by atoms with Gasteiger partial charge in [-0.3, -0.25) is 0 Å². The molecule has 2 heterocycles. The van der Waals surface area contributed by atoms with Crippen molar-refractivity contribution in [2.45, 2.75) is 55.3 Å². The summed E-state index contributed by atoms with van der Waals surface area (Å²) in [7, 11) is -4.02. The number of fused-ring (bicyclic) bond motifs is 1. The molecular weight excluding hydrogens is 449 g/mol. The molecule has 1 aliphatic rings. The van der Waals surface area contributed by atoms with Crippen LogP contribution in [0.3, 0.4) is 0 Å². The second-order valence-electron chi connectivity index (χ2n) is 7.93. The van der Waals surface area contributed by atoms with Crippen LogP contribution in [-0.4, -0.2) is 50.9 Å². The zero-order valence-electron chi connectivity index (χ0n) is 17.0. The predicted molar refractivity (Wildman–Crippen MR) is 109 cm³/mol. The number of sulfonamides is 1. The summed E-state index contributed by atoms with van der Waals surface area (Å²) in [6.45, 7) is 1.79. The topological polar surface area (TPSA) is 136 Å². The van der Waals surface area contributed by atoms with Crippen molar-refractivity contribution < 1.29 is 26.7 Å². The lowest BCUT2D eigenvalue weighted by molar-refractivity contribution is -0.270. The van der Waals surface area contributed by atoms with Crippen LogP contribution in [0.1, 0.15) is 31.2 Å². The Morgan fingerprint density at radius 2 is 1.94 bits per heavy atom. The number of rotatable bonds is 4. The van der Waals surface area contributed by atoms with Crippen LogP contribution in [-0.2, 0) is 10.0 Å². The predicted octanol–water partition coefficient (Wildman–Crippen LogP) is 2.20. The number of alkyl halides is 3. The summed E-state index contributed by atoms with van der Waals surface area (Å²) in [4.78, 5) is 8.01. The molecule has 9 nitrogen and oxygen atoms in total. The van der Waals surface area contributed by atoms with E-state index in [1.165, 1.54) is 29.2 Å². The average molecular weight is 470 g/mol. The molecule has 3 aromatic rings. The van der Waals surface area contributed by atoms with Crippen molar-refractivity contribution in [1.82, 2.24) is 24.3 Å². The van der Waals surface area contributed by atoms with Gasteiger partial charge in [0.15, 0.2) is 17.1 Å². The van der Waals surface area contributed by atoms with Crippen molar-refractivity contribution in [3.05, 3.63) is 36.3 Å². The number of nitrogens with two attached hydrogens (primary N) is 1. The number of nitrogen functional groups attached to an aromatic ring is 1. The van der Waals surface area contributed by atoms with E-state index < -0.39 is 40.7 Å². The number of aliphatic hydroxyl groups is 1. The van der Waals surface area contributed by atoms with E-state index in [0.717, 1.165) is 5.56 Å². The van der Waals surface area contributed by atoms with Gasteiger partial charge < -0.3 is 10.8 Å². The highest BCUT2D eigenvalue weighted by molar-refractivity contribution is 7.89. The number of nitrogens with one attached hydrogen (secondary N) is 1. The van der Waals surface area contributed by atoms with E-state index >= 15 is 0 Å². The van der Waals surface area contributed by atoms with Crippen molar-refractivity contribution in [2.75, 3.05) is 5.73 Å². The van der Waals surface area contributed by atoms with E-state index in [4.69, 9.17) is 5.73 Å². The maximum Gasteiger partial charge on any atom is 0.417 e. The number of benzene rings is 1. The molecule has 0 atom stereocenters. The number of halogens is 3. The standard InChI is InChI=1S/C19H21F3N6O3S/c1-11-2-3-13(8-14(11)15-9-24-17-16(23)25-10-26-28(15)17)32(30,31)27-12-4-6-18(29,7-5-12)19(20,21)22/h2-3,8-10,12,27,29H,4-7H2,1H3,(H2,23,25,26)/t12-,18+. The lowest BCUT2D eigenvalue weighted by Crippen LogP contribution is -2.51. The molecule has 0 unspecified atom stereocenters. The molecule has 13 heteroatoms. The van der Waals surface area contributed by atoms with E-state index in [1.807, 2.05) is 0 Å². The van der Waals surface area contributed by atoms with Gasteiger partial charge in [0.05, 0.1) is 16.8 Å². The summed E-state index contributed by atoms with van der Waals surface area (Å²) in [5.41, 5.74) is 5.17. The highest BCUT2D eigenvalue weighted by Gasteiger charge is 2.54. The van der Waals surface area contributed by atoms with Gasteiger partial charge in [-0.1, -0.05) is 6.07 Å². The Kier molecular flexibility index (Phi) is 5.38. The Hall–Kier alpha value is -2.77. The quantitative estimate of drug-likeness (QED) is 0.532. The summed E-state index contributed by atoms with van der Waals surface area (Å²) in [5.74, 6) is 0.172. The van der Waals surface area contributed by atoms with Crippen LogP contribution in [0.2, 0.25) is 0 Å². The summed E-state index contributed by atoms with van der Waals surface area (Å²) in [6, 6.07) is 3.78. The minimum Gasteiger partial charge on any atom is -0.381 e. The smallest absolute Gasteiger partial charge is 0.381 e. The second-order valence-corrected chi connectivity index (χ2v) is 9.64. The summed E-state index contributed by atoms with van der Waals surface area (Å²) in [5, 5.41) is 13.9. The van der Waals surface area contributed by atoms with Crippen LogP contribution in [0.4, 0.5) is 19.0 Å². The largest absolute Gasteiger partial charge is 0.417 e. The van der Waals surface area contributed by atoms with Crippen molar-refractivity contribution in [2.24, 2.45) is 0 Å². The lowest BCUT2D eigenvalue weighted by atomic mass is 9.82. The first-order valence-electron chi connectivity index (χ1n) is 9.78. The summed E-state index contributed by atoms with van der Waals surface area (Å²) in [6.07, 6.45) is -3.36. The van der Waals surface area contributed by atoms with Crippen LogP contribution >= 0.6 is 0 Å². The average Bonchev–Trinajstić information content (AvgIpc) is 3.14. The van der Waals surface area contributed by atoms with Crippen molar-refractivity contribution in [3.8, 4) is 11.3 Å². The fraction of sp³-hybridized carbons (Fsp3) is 0.421. The first-order chi connectivity index (χ1) is 14.9. The molecule has 1 saturated carbocycles. The number of imidazole rings is 1. The molecule has 4 N–H and O–H groups in total. The molecule has 32 heavy (non-hydrogen) atoms. The Morgan fingerprint density at radius 3 is 2.59 bits per heavy atom. The number of nitrogens with zero attached hydrogens (tertiary/aromatic N) is 4. The molecule has 0 bridgehead atoms. The van der Waals surface area contributed by atoms with Gasteiger partial charge in [-0.15, -0.1) is 0 Å². The van der Waals surface area contributed by atoms with Gasteiger partial charge in [0.25, 0.3) is 0 Å². The molecule has 0 radical (unpaired) electrons. The third kappa shape index (κ3) is 3.91. The van der Waals surface area contributed by atoms with Gasteiger partial charge >= 0.3 is 6.18 Å². The van der Waals surface area contributed by atoms with Crippen LogP contribution in [0.25, 0.3) is 16.9 Å². The van der Waals surface area contributed by atoms with Crippen LogP contribution in [0.15, 0.2) is 35.6 Å².